The normalized spacial score (nSPS) is 39.0. The number of hydrogen-bond donors (Lipinski definition) is 0. The van der Waals surface area contributed by atoms with Gasteiger partial charge in [0.25, 0.3) is 0 Å². The number of hydrogen-bond acceptors (Lipinski definition) is 4. The van der Waals surface area contributed by atoms with Crippen LogP contribution in [0.25, 0.3) is 20.3 Å². The summed E-state index contributed by atoms with van der Waals surface area (Å²) in [5.74, 6) is 20.0. The molecule has 12 saturated carbocycles. The van der Waals surface area contributed by atoms with Gasteiger partial charge in [-0.25, -0.2) is 0 Å². The van der Waals surface area contributed by atoms with Crippen LogP contribution in [0.1, 0.15) is 330 Å². The van der Waals surface area contributed by atoms with E-state index < -0.39 is 46.0 Å². The fourth-order valence-electron chi connectivity index (χ4n) is 31.0. The van der Waals surface area contributed by atoms with Gasteiger partial charge in [-0.1, -0.05) is 247 Å². The van der Waals surface area contributed by atoms with Crippen molar-refractivity contribution >= 4 is 42.2 Å². The summed E-state index contributed by atoms with van der Waals surface area (Å²) >= 11 is -0.826. The number of likely N-dealkylation sites (tertiary alicyclic amines) is 1. The van der Waals surface area contributed by atoms with Crippen LogP contribution in [0.4, 0.5) is 0 Å². The monoisotopic (exact) mass is 1880 g/mol. The zero-order valence-corrected chi connectivity index (χ0v) is 94.8. The van der Waals surface area contributed by atoms with Gasteiger partial charge < -0.3 is 113 Å². The van der Waals surface area contributed by atoms with Crippen LogP contribution in [0, 0.1) is 193 Å². The Morgan fingerprint density at radius 3 is 0.862 bits per heavy atom. The van der Waals surface area contributed by atoms with Gasteiger partial charge in [0.15, 0.2) is 0 Å². The minimum absolute atomic E-state index is 0. The maximum Gasteiger partial charge on any atom is 4.00 e. The van der Waals surface area contributed by atoms with E-state index in [1.54, 1.807) is 12.8 Å². The van der Waals surface area contributed by atoms with Gasteiger partial charge in [0.05, 0.1) is 0 Å². The van der Waals surface area contributed by atoms with E-state index in [1.807, 2.05) is 0 Å². The van der Waals surface area contributed by atoms with Crippen molar-refractivity contribution in [1.29, 1.82) is 0 Å². The Balaban J connectivity index is 0. The fourth-order valence-corrected chi connectivity index (χ4v) is 43.0. The zero-order valence-electron chi connectivity index (χ0n) is 83.1. The van der Waals surface area contributed by atoms with Crippen molar-refractivity contribution in [2.45, 2.75) is 446 Å². The molecule has 0 radical (unpaired) electrons. The molecule has 4 aliphatic heterocycles. The number of nitrogens with zero attached hydrogens (tertiary/aromatic N) is 8. The van der Waals surface area contributed by atoms with E-state index in [0.717, 1.165) is 167 Å². The standard InChI is InChI=1S/C23H41N2.3C22H41N2Si.10CH3.2ClH.3Ti.Zr/c1-15-11-12-19-18(13-15)21-17-10-8-7-9-16(17)14-20(21)25(19)23(5,6)24-22(2,3)4;2*1-15-11-12-20-18(13-15)19-14-16-9-7-8-10-17(16)21(19)24(20)25(5,6)23-22(2,3)4;1-15-11-12-19-18(13-15)21-17-10-8-7-9-16(17)14-20(21)24(19)25(5,6)23-22(2,3)4;;;;;;;;;;;;;;;;/h4*15-21H,7-14H2,1-6H3;10*1H3;2*1H;;;;/q14*-1;;;4*+4/p-2. The summed E-state index contributed by atoms with van der Waals surface area (Å²) in [6, 6.07) is 6.85. The predicted molar refractivity (Wildman–Crippen MR) is 513 cm³/mol. The van der Waals surface area contributed by atoms with Crippen LogP contribution in [0.3, 0.4) is 0 Å². The van der Waals surface area contributed by atoms with Crippen molar-refractivity contribution in [1.82, 2.24) is 18.6 Å². The molecule has 116 heavy (non-hydrogen) atoms. The van der Waals surface area contributed by atoms with E-state index in [1.165, 1.54) is 193 Å². The molecule has 4 saturated heterocycles. The molecule has 28 unspecified atom stereocenters. The Bertz CT molecular complexity index is 2580. The van der Waals surface area contributed by atoms with Crippen molar-refractivity contribution < 1.29 is 86.0 Å². The molecule has 672 valence electrons. The van der Waals surface area contributed by atoms with Gasteiger partial charge in [-0.3, -0.25) is 0 Å². The molecule has 8 nitrogen and oxygen atoms in total. The molecule has 0 aromatic heterocycles. The molecule has 16 fully saturated rings. The Hall–Kier alpha value is 3.94. The van der Waals surface area contributed by atoms with Gasteiger partial charge in [0.1, 0.15) is 0 Å². The minimum Gasteiger partial charge on any atom is 4.00 e. The Kier molecular flexibility index (Phi) is 50.9. The molecule has 0 spiro atoms. The summed E-state index contributed by atoms with van der Waals surface area (Å²) in [5, 5.41) is 5.34. The summed E-state index contributed by atoms with van der Waals surface area (Å²) in [6.07, 6.45) is 47.7. The number of rotatable bonds is 8. The van der Waals surface area contributed by atoms with Crippen LogP contribution in [-0.2, 0) is 86.0 Å². The molecule has 16 rings (SSSR count). The summed E-state index contributed by atoms with van der Waals surface area (Å²) in [5.41, 5.74) is 0.349. The molecule has 0 aromatic rings. The van der Waals surface area contributed by atoms with Crippen LogP contribution in [0.5, 0.6) is 0 Å². The molecule has 16 aliphatic rings. The SMILES string of the molecule is CC1CCC2C(C1)C1C3CCCCC3CC1N2C(C)(C)[N-]C(C)(C)C.CC1CCC2C(C1)C1C3CCCCC3CC1N2[Si](C)(C)[N-]C(C)(C)C.CC1CCC2C(C1)C1CC3CCCCC3C1N2[Si](C)(C)[N-]C(C)(C)C.CC1CCC2C(C1)C1CC3CCCCC3C1N2[Si](C)(C)[N-]C(C)(C)C.[CH3-].[CH3-].[CH3-].[CH3-].[CH3-].[CH3-].[CH3-].[CH3-].[CH3-].[CH3-].[Cl][Zr+2][Cl].[Ti+4].[Ti+4].[Ti+4]. The van der Waals surface area contributed by atoms with Crippen LogP contribution in [0.2, 0.25) is 39.3 Å². The van der Waals surface area contributed by atoms with Crippen molar-refractivity contribution in [3.05, 3.63) is 94.5 Å². The van der Waals surface area contributed by atoms with E-state index in [9.17, 15) is 0 Å². The molecule has 0 amide bonds. The fraction of sp³-hybridized carbons (Fsp3) is 0.899. The first kappa shape index (κ1) is 122. The molecule has 0 aromatic carbocycles. The van der Waals surface area contributed by atoms with E-state index >= 15 is 0 Å². The average Bonchev–Trinajstić information content (AvgIpc) is 1.58. The maximum absolute atomic E-state index is 5.50. The molecule has 28 atom stereocenters. The summed E-state index contributed by atoms with van der Waals surface area (Å²) in [7, 11) is 4.66. The second-order valence-electron chi connectivity index (χ2n) is 45.8. The quantitative estimate of drug-likeness (QED) is 0.179. The van der Waals surface area contributed by atoms with E-state index in [2.05, 4.69) is 183 Å². The second-order valence-corrected chi connectivity index (χ2v) is 60.7. The van der Waals surface area contributed by atoms with Gasteiger partial charge in [-0.2, -0.15) is 0 Å². The third-order valence-electron chi connectivity index (χ3n) is 32.1. The molecule has 0 N–H and O–H groups in total. The van der Waals surface area contributed by atoms with Gasteiger partial charge >= 0.3 is 103 Å². The third kappa shape index (κ3) is 27.1. The first-order valence-electron chi connectivity index (χ1n) is 45.2. The van der Waals surface area contributed by atoms with Crippen molar-refractivity contribution in [2.24, 2.45) is 118 Å². The largest absolute Gasteiger partial charge is 4.00 e. The molecule has 0 bridgehead atoms. The topological polar surface area (TPSA) is 69.4 Å². The van der Waals surface area contributed by atoms with Crippen molar-refractivity contribution in [2.75, 3.05) is 0 Å². The average molecular weight is 1890 g/mol. The summed E-state index contributed by atoms with van der Waals surface area (Å²) in [4.78, 5) is 19.4. The van der Waals surface area contributed by atoms with E-state index in [4.69, 9.17) is 37.3 Å². The molecular weight excluding hydrogens is 1690 g/mol. The van der Waals surface area contributed by atoms with Crippen LogP contribution < -0.4 is 0 Å². The zero-order chi connectivity index (χ0) is 74.6. The first-order valence-corrected chi connectivity index (χ1v) is 60.2. The van der Waals surface area contributed by atoms with E-state index in [0.29, 0.717) is 0 Å². The van der Waals surface area contributed by atoms with Gasteiger partial charge in [0.2, 0.25) is 0 Å². The predicted octanol–water partition coefficient (Wildman–Crippen LogP) is 30.6. The third-order valence-corrected chi connectivity index (χ3v) is 41.4. The summed E-state index contributed by atoms with van der Waals surface area (Å²) in [6.45, 7) is 57.9. The Morgan fingerprint density at radius 1 is 0.276 bits per heavy atom. The maximum atomic E-state index is 5.50. The van der Waals surface area contributed by atoms with Crippen LogP contribution >= 0.6 is 17.0 Å². The Labute approximate surface area is 797 Å². The molecule has 17 heteroatoms. The smallest absolute Gasteiger partial charge is 4.00 e. The Morgan fingerprint density at radius 2 is 0.534 bits per heavy atom. The number of fused-ring (bicyclic) bond motifs is 20. The van der Waals surface area contributed by atoms with Gasteiger partial charge in [-0.05, 0) is 247 Å². The second kappa shape index (κ2) is 48.4. The van der Waals surface area contributed by atoms with Gasteiger partial charge in [-0.15, -0.1) is 22.2 Å². The van der Waals surface area contributed by atoms with E-state index in [-0.39, 0.29) is 167 Å². The number of halogens is 2. The molecule has 4 heterocycles. The first-order chi connectivity index (χ1) is 48.1. The van der Waals surface area contributed by atoms with Crippen molar-refractivity contribution in [3.8, 4) is 0 Å². The molecular formula is C99H194Cl2N8Si3Ti3Zr. The van der Waals surface area contributed by atoms with Crippen molar-refractivity contribution in [3.63, 3.8) is 0 Å². The minimum atomic E-state index is -1.74. The van der Waals surface area contributed by atoms with Gasteiger partial charge in [0, 0.05) is 73.5 Å². The van der Waals surface area contributed by atoms with Crippen LogP contribution in [0.15, 0.2) is 0 Å². The molecule has 12 aliphatic carbocycles. The van der Waals surface area contributed by atoms with Crippen LogP contribution in [-0.4, -0.2) is 120 Å². The summed E-state index contributed by atoms with van der Waals surface area (Å²) < 4.78 is 9.34.